The Hall–Kier alpha value is -0.100. The highest BCUT2D eigenvalue weighted by atomic mass is 31.2. The molecule has 10 heavy (non-hydrogen) atoms. The second-order valence-electron chi connectivity index (χ2n) is 1.53. The van der Waals surface area contributed by atoms with Gasteiger partial charge in [0.2, 0.25) is 0 Å². The van der Waals surface area contributed by atoms with Crippen LogP contribution in [0, 0.1) is 0 Å². The fourth-order valence-corrected chi connectivity index (χ4v) is 0.522. The van der Waals surface area contributed by atoms with E-state index in [2.05, 4.69) is 15.5 Å². The van der Waals surface area contributed by atoms with E-state index in [9.17, 15) is 17.7 Å². The second kappa shape index (κ2) is 2.87. The van der Waals surface area contributed by atoms with Gasteiger partial charge >= 0.3 is 13.8 Å². The molecule has 0 bridgehead atoms. The van der Waals surface area contributed by atoms with Gasteiger partial charge in [0.1, 0.15) is 0 Å². The molecule has 0 aliphatic carbocycles. The van der Waals surface area contributed by atoms with Crippen LogP contribution in [0.5, 0.6) is 0 Å². The SMILES string of the molecule is NP(N)(=O)OCC(F)(F)F. The van der Waals surface area contributed by atoms with Gasteiger partial charge in [-0.25, -0.2) is 11.0 Å². The Morgan fingerprint density at radius 3 is 1.90 bits per heavy atom. The van der Waals surface area contributed by atoms with Gasteiger partial charge in [0.05, 0.1) is 0 Å². The third-order valence-electron chi connectivity index (χ3n) is 0.430. The van der Waals surface area contributed by atoms with E-state index >= 15 is 0 Å². The molecular formula is C2H6F3N2O2P. The van der Waals surface area contributed by atoms with Gasteiger partial charge in [-0.15, -0.1) is 0 Å². The van der Waals surface area contributed by atoms with Crippen LogP contribution in [-0.4, -0.2) is 12.8 Å². The molecule has 0 aliphatic rings. The van der Waals surface area contributed by atoms with Crippen molar-refractivity contribution in [2.75, 3.05) is 6.61 Å². The lowest BCUT2D eigenvalue weighted by Gasteiger charge is -2.09. The number of rotatable bonds is 2. The van der Waals surface area contributed by atoms with Crippen LogP contribution in [0.4, 0.5) is 13.2 Å². The second-order valence-corrected chi connectivity index (χ2v) is 3.08. The van der Waals surface area contributed by atoms with Gasteiger partial charge in [0.15, 0.2) is 6.61 Å². The summed E-state index contributed by atoms with van der Waals surface area (Å²) in [6.07, 6.45) is -4.55. The van der Waals surface area contributed by atoms with Crippen molar-refractivity contribution in [1.82, 2.24) is 0 Å². The molecule has 62 valence electrons. The maximum atomic E-state index is 11.2. The summed E-state index contributed by atoms with van der Waals surface area (Å²) in [7, 11) is -3.98. The maximum Gasteiger partial charge on any atom is 0.412 e. The normalized spacial score (nSPS) is 13.7. The lowest BCUT2D eigenvalue weighted by Crippen LogP contribution is -2.20. The summed E-state index contributed by atoms with van der Waals surface area (Å²) in [6.45, 7) is -1.68. The minimum Gasteiger partial charge on any atom is -0.297 e. The van der Waals surface area contributed by atoms with Crippen LogP contribution in [0.15, 0.2) is 0 Å². The van der Waals surface area contributed by atoms with E-state index in [1.807, 2.05) is 0 Å². The fraction of sp³-hybridized carbons (Fsp3) is 1.00. The molecule has 0 spiro atoms. The molecule has 0 aromatic rings. The summed E-state index contributed by atoms with van der Waals surface area (Å²) in [5.74, 6) is 0. The van der Waals surface area contributed by atoms with Crippen LogP contribution in [0.2, 0.25) is 0 Å². The average molecular weight is 178 g/mol. The Morgan fingerprint density at radius 1 is 1.40 bits per heavy atom. The summed E-state index contributed by atoms with van der Waals surface area (Å²) < 4.78 is 47.4. The van der Waals surface area contributed by atoms with Crippen LogP contribution in [-0.2, 0) is 9.09 Å². The Labute approximate surface area is 54.9 Å². The summed E-state index contributed by atoms with van der Waals surface area (Å²) in [6, 6.07) is 0. The maximum absolute atomic E-state index is 11.2. The molecule has 0 heterocycles. The van der Waals surface area contributed by atoms with Crippen molar-refractivity contribution in [3.8, 4) is 0 Å². The molecule has 0 saturated heterocycles. The summed E-state index contributed by atoms with van der Waals surface area (Å²) in [5.41, 5.74) is 8.91. The van der Waals surface area contributed by atoms with Gasteiger partial charge in [-0.3, -0.25) is 9.09 Å². The molecular weight excluding hydrogens is 172 g/mol. The number of hydrogen-bond donors (Lipinski definition) is 2. The molecule has 0 atom stereocenters. The van der Waals surface area contributed by atoms with Gasteiger partial charge in [-0.1, -0.05) is 0 Å². The van der Waals surface area contributed by atoms with E-state index in [1.165, 1.54) is 0 Å². The Kier molecular flexibility index (Phi) is 2.85. The molecule has 0 rings (SSSR count). The number of nitrogens with two attached hydrogens (primary N) is 2. The number of halogens is 3. The summed E-state index contributed by atoms with van der Waals surface area (Å²) >= 11 is 0. The molecule has 4 nitrogen and oxygen atoms in total. The van der Waals surface area contributed by atoms with Crippen molar-refractivity contribution in [2.45, 2.75) is 6.18 Å². The van der Waals surface area contributed by atoms with Gasteiger partial charge in [-0.2, -0.15) is 13.2 Å². The van der Waals surface area contributed by atoms with Crippen LogP contribution in [0.3, 0.4) is 0 Å². The molecule has 4 N–H and O–H groups in total. The van der Waals surface area contributed by atoms with Crippen molar-refractivity contribution in [3.05, 3.63) is 0 Å². The predicted molar refractivity (Wildman–Crippen MR) is 28.0 cm³/mol. The minimum absolute atomic E-state index is 1.68. The fourth-order valence-electron chi connectivity index (χ4n) is 0.174. The van der Waals surface area contributed by atoms with E-state index < -0.39 is 20.5 Å². The third kappa shape index (κ3) is 7.90. The highest BCUT2D eigenvalue weighted by Gasteiger charge is 2.30. The molecule has 0 aromatic heterocycles. The van der Waals surface area contributed by atoms with Crippen molar-refractivity contribution in [3.63, 3.8) is 0 Å². The first kappa shape index (κ1) is 9.90. The minimum atomic E-state index is -4.55. The zero-order valence-corrected chi connectivity index (χ0v) is 5.65. The van der Waals surface area contributed by atoms with Crippen LogP contribution in [0.25, 0.3) is 0 Å². The number of hydrogen-bond acceptors (Lipinski definition) is 2. The molecule has 0 radical (unpaired) electrons. The van der Waals surface area contributed by atoms with E-state index in [0.717, 1.165) is 0 Å². The molecule has 0 aliphatic heterocycles. The lowest BCUT2D eigenvalue weighted by atomic mass is 10.7. The van der Waals surface area contributed by atoms with Crippen LogP contribution >= 0.6 is 7.67 Å². The Bertz CT molecular complexity index is 151. The summed E-state index contributed by atoms with van der Waals surface area (Å²) in [5, 5.41) is 0. The monoisotopic (exact) mass is 178 g/mol. The molecule has 0 aromatic carbocycles. The highest BCUT2D eigenvalue weighted by molar-refractivity contribution is 7.53. The van der Waals surface area contributed by atoms with E-state index in [0.29, 0.717) is 0 Å². The zero-order chi connectivity index (χ0) is 8.41. The van der Waals surface area contributed by atoms with Gasteiger partial charge in [0, 0.05) is 0 Å². The lowest BCUT2D eigenvalue weighted by molar-refractivity contribution is -0.153. The summed E-state index contributed by atoms with van der Waals surface area (Å²) in [4.78, 5) is 0. The number of alkyl halides is 3. The smallest absolute Gasteiger partial charge is 0.297 e. The van der Waals surface area contributed by atoms with E-state index in [-0.39, 0.29) is 0 Å². The van der Waals surface area contributed by atoms with Crippen molar-refractivity contribution < 1.29 is 22.3 Å². The van der Waals surface area contributed by atoms with Gasteiger partial charge in [0.25, 0.3) is 0 Å². The Balaban J connectivity index is 3.67. The first-order valence-corrected chi connectivity index (χ1v) is 3.85. The van der Waals surface area contributed by atoms with Crippen molar-refractivity contribution >= 4 is 7.67 Å². The first-order valence-electron chi connectivity index (χ1n) is 2.09. The van der Waals surface area contributed by atoms with E-state index in [1.54, 1.807) is 0 Å². The zero-order valence-electron chi connectivity index (χ0n) is 4.76. The van der Waals surface area contributed by atoms with Crippen molar-refractivity contribution in [1.29, 1.82) is 0 Å². The first-order chi connectivity index (χ1) is 4.21. The standard InChI is InChI=1S/C2H6F3N2O2P/c3-2(4,5)1-9-10(6,7)8/h1H2,(H4,6,7,8). The topological polar surface area (TPSA) is 78.3 Å². The van der Waals surface area contributed by atoms with Crippen LogP contribution < -0.4 is 11.0 Å². The average Bonchev–Trinajstić information content (AvgIpc) is 1.57. The molecule has 8 heteroatoms. The predicted octanol–water partition coefficient (Wildman–Crippen LogP) is 0.591. The van der Waals surface area contributed by atoms with Crippen LogP contribution in [0.1, 0.15) is 0 Å². The largest absolute Gasteiger partial charge is 0.412 e. The third-order valence-corrected chi connectivity index (χ3v) is 0.963. The highest BCUT2D eigenvalue weighted by Crippen LogP contribution is 2.29. The molecule has 0 fully saturated rings. The molecule has 0 unspecified atom stereocenters. The van der Waals surface area contributed by atoms with Gasteiger partial charge in [-0.05, 0) is 0 Å². The van der Waals surface area contributed by atoms with E-state index in [4.69, 9.17) is 0 Å². The molecule has 0 saturated carbocycles. The van der Waals surface area contributed by atoms with Gasteiger partial charge < -0.3 is 0 Å². The Morgan fingerprint density at radius 2 is 1.80 bits per heavy atom. The van der Waals surface area contributed by atoms with Crippen molar-refractivity contribution in [2.24, 2.45) is 11.0 Å². The quantitative estimate of drug-likeness (QED) is 0.606. The molecule has 0 amide bonds.